The van der Waals surface area contributed by atoms with E-state index >= 15 is 0 Å². The number of hydrogen-bond acceptors (Lipinski definition) is 3. The van der Waals surface area contributed by atoms with Gasteiger partial charge in [-0.15, -0.1) is 0 Å². The Morgan fingerprint density at radius 1 is 1.17 bits per heavy atom. The quantitative estimate of drug-likeness (QED) is 0.870. The average molecular weight is 329 g/mol. The predicted molar refractivity (Wildman–Crippen MR) is 92.6 cm³/mol. The van der Waals surface area contributed by atoms with Gasteiger partial charge in [-0.2, -0.15) is 0 Å². The molecule has 1 saturated heterocycles. The highest BCUT2D eigenvalue weighted by Gasteiger charge is 2.48. The topological polar surface area (TPSA) is 58.6 Å². The van der Waals surface area contributed by atoms with Crippen LogP contribution in [-0.2, 0) is 6.42 Å². The summed E-state index contributed by atoms with van der Waals surface area (Å²) in [4.78, 5) is 11.3. The van der Waals surface area contributed by atoms with E-state index < -0.39 is 5.97 Å². The van der Waals surface area contributed by atoms with Gasteiger partial charge in [0.05, 0.1) is 5.56 Å². The molecular weight excluding hydrogens is 302 g/mol. The standard InChI is InChI=1S/C20H27NO3/c22-19(23)15-6-7-18-16(12-15)13-17(14-4-2-1-3-5-14)20(24-18)8-10-21-11-9-20/h6-7,12,14,17,21H,1-5,8-11,13H2,(H,22,23). The lowest BCUT2D eigenvalue weighted by molar-refractivity contribution is -0.0615. The highest BCUT2D eigenvalue weighted by atomic mass is 16.5. The third-order valence-corrected chi connectivity index (χ3v) is 6.41. The molecule has 1 aliphatic carbocycles. The van der Waals surface area contributed by atoms with Gasteiger partial charge in [0.2, 0.25) is 0 Å². The lowest BCUT2D eigenvalue weighted by atomic mass is 9.65. The van der Waals surface area contributed by atoms with Crippen LogP contribution >= 0.6 is 0 Å². The van der Waals surface area contributed by atoms with Crippen LogP contribution < -0.4 is 10.1 Å². The number of rotatable bonds is 2. The van der Waals surface area contributed by atoms with E-state index in [1.54, 1.807) is 6.07 Å². The minimum atomic E-state index is -0.853. The fourth-order valence-electron chi connectivity index (χ4n) is 5.14. The van der Waals surface area contributed by atoms with Crippen molar-refractivity contribution in [2.75, 3.05) is 13.1 Å². The van der Waals surface area contributed by atoms with E-state index in [-0.39, 0.29) is 5.60 Å². The zero-order valence-corrected chi connectivity index (χ0v) is 14.2. The fourth-order valence-corrected chi connectivity index (χ4v) is 5.14. The number of hydrogen-bond donors (Lipinski definition) is 2. The van der Waals surface area contributed by atoms with Gasteiger partial charge in [-0.1, -0.05) is 32.1 Å². The summed E-state index contributed by atoms with van der Waals surface area (Å²) in [6.45, 7) is 2.04. The van der Waals surface area contributed by atoms with E-state index in [4.69, 9.17) is 4.74 Å². The van der Waals surface area contributed by atoms with Crippen LogP contribution in [0.1, 0.15) is 60.9 Å². The molecule has 2 aliphatic heterocycles. The van der Waals surface area contributed by atoms with Crippen LogP contribution in [0, 0.1) is 11.8 Å². The molecule has 2 fully saturated rings. The molecule has 1 spiro atoms. The Bertz CT molecular complexity index is 615. The summed E-state index contributed by atoms with van der Waals surface area (Å²) >= 11 is 0. The van der Waals surface area contributed by atoms with Gasteiger partial charge in [-0.25, -0.2) is 4.79 Å². The second kappa shape index (κ2) is 6.40. The molecule has 4 nitrogen and oxygen atoms in total. The summed E-state index contributed by atoms with van der Waals surface area (Å²) in [7, 11) is 0. The third kappa shape index (κ3) is 2.81. The Balaban J connectivity index is 1.69. The Hall–Kier alpha value is -1.55. The molecule has 4 heteroatoms. The average Bonchev–Trinajstić information content (AvgIpc) is 2.62. The van der Waals surface area contributed by atoms with Crippen LogP contribution in [0.5, 0.6) is 5.75 Å². The monoisotopic (exact) mass is 329 g/mol. The molecule has 1 unspecified atom stereocenters. The number of carboxylic acid groups (broad SMARTS) is 1. The molecule has 0 aromatic heterocycles. The van der Waals surface area contributed by atoms with Crippen LogP contribution in [0.3, 0.4) is 0 Å². The van der Waals surface area contributed by atoms with Gasteiger partial charge in [-0.3, -0.25) is 0 Å². The van der Waals surface area contributed by atoms with Crippen molar-refractivity contribution in [3.8, 4) is 5.75 Å². The predicted octanol–water partition coefficient (Wildman–Crippen LogP) is 3.64. The van der Waals surface area contributed by atoms with Crippen LogP contribution in [0.2, 0.25) is 0 Å². The fraction of sp³-hybridized carbons (Fsp3) is 0.650. The smallest absolute Gasteiger partial charge is 0.335 e. The van der Waals surface area contributed by atoms with Gasteiger partial charge >= 0.3 is 5.97 Å². The zero-order chi connectivity index (χ0) is 16.6. The largest absolute Gasteiger partial charge is 0.487 e. The van der Waals surface area contributed by atoms with Gasteiger partial charge < -0.3 is 15.2 Å². The van der Waals surface area contributed by atoms with E-state index in [0.29, 0.717) is 11.5 Å². The molecule has 0 bridgehead atoms. The number of piperidine rings is 1. The van der Waals surface area contributed by atoms with Crippen molar-refractivity contribution >= 4 is 5.97 Å². The Labute approximate surface area is 143 Å². The summed E-state index contributed by atoms with van der Waals surface area (Å²) in [5, 5.41) is 12.8. The number of aromatic carboxylic acids is 1. The molecule has 2 N–H and O–H groups in total. The molecule has 1 aromatic carbocycles. The normalized spacial score (nSPS) is 26.6. The molecule has 130 valence electrons. The van der Waals surface area contributed by atoms with Gasteiger partial charge in [0.25, 0.3) is 0 Å². The van der Waals surface area contributed by atoms with E-state index in [2.05, 4.69) is 5.32 Å². The maximum Gasteiger partial charge on any atom is 0.335 e. The van der Waals surface area contributed by atoms with Crippen LogP contribution in [0.25, 0.3) is 0 Å². The first kappa shape index (κ1) is 15.9. The Kier molecular flexibility index (Phi) is 4.25. The lowest BCUT2D eigenvalue weighted by Gasteiger charge is -2.50. The van der Waals surface area contributed by atoms with E-state index in [0.717, 1.165) is 49.6 Å². The van der Waals surface area contributed by atoms with Crippen molar-refractivity contribution in [2.24, 2.45) is 11.8 Å². The van der Waals surface area contributed by atoms with Crippen molar-refractivity contribution in [1.82, 2.24) is 5.32 Å². The maximum atomic E-state index is 11.3. The molecule has 2 heterocycles. The molecule has 1 aromatic rings. The molecule has 4 rings (SSSR count). The SMILES string of the molecule is O=C(O)c1ccc2c(c1)CC(C1CCCCC1)C1(CCNCC1)O2. The first-order valence-corrected chi connectivity index (χ1v) is 9.44. The molecule has 1 saturated carbocycles. The van der Waals surface area contributed by atoms with Gasteiger partial charge in [0.1, 0.15) is 11.4 Å². The van der Waals surface area contributed by atoms with Crippen molar-refractivity contribution in [2.45, 2.75) is 57.0 Å². The highest BCUT2D eigenvalue weighted by Crippen LogP contribution is 2.48. The molecule has 24 heavy (non-hydrogen) atoms. The Morgan fingerprint density at radius 3 is 2.62 bits per heavy atom. The van der Waals surface area contributed by atoms with Crippen molar-refractivity contribution < 1.29 is 14.6 Å². The number of carbonyl (C=O) groups is 1. The van der Waals surface area contributed by atoms with Crippen LogP contribution in [-0.4, -0.2) is 29.8 Å². The number of carboxylic acids is 1. The maximum absolute atomic E-state index is 11.3. The van der Waals surface area contributed by atoms with Gasteiger partial charge in [-0.05, 0) is 62.0 Å². The zero-order valence-electron chi connectivity index (χ0n) is 14.2. The highest BCUT2D eigenvalue weighted by molar-refractivity contribution is 5.88. The first-order chi connectivity index (χ1) is 11.7. The lowest BCUT2D eigenvalue weighted by Crippen LogP contribution is -2.56. The van der Waals surface area contributed by atoms with Gasteiger partial charge in [0.15, 0.2) is 0 Å². The second-order valence-corrected chi connectivity index (χ2v) is 7.75. The first-order valence-electron chi connectivity index (χ1n) is 9.44. The number of nitrogens with one attached hydrogen (secondary N) is 1. The number of benzene rings is 1. The summed E-state index contributed by atoms with van der Waals surface area (Å²) < 4.78 is 6.63. The van der Waals surface area contributed by atoms with Crippen LogP contribution in [0.4, 0.5) is 0 Å². The molecule has 0 amide bonds. The van der Waals surface area contributed by atoms with Crippen molar-refractivity contribution in [3.63, 3.8) is 0 Å². The summed E-state index contributed by atoms with van der Waals surface area (Å²) in [5.41, 5.74) is 1.42. The van der Waals surface area contributed by atoms with E-state index in [9.17, 15) is 9.90 Å². The number of ether oxygens (including phenoxy) is 1. The van der Waals surface area contributed by atoms with Crippen LogP contribution in [0.15, 0.2) is 18.2 Å². The summed E-state index contributed by atoms with van der Waals surface area (Å²) in [5.74, 6) is 1.30. The number of fused-ring (bicyclic) bond motifs is 1. The van der Waals surface area contributed by atoms with E-state index in [1.165, 1.54) is 32.1 Å². The molecular formula is C20H27NO3. The Morgan fingerprint density at radius 2 is 1.92 bits per heavy atom. The third-order valence-electron chi connectivity index (χ3n) is 6.41. The van der Waals surface area contributed by atoms with Crippen molar-refractivity contribution in [3.05, 3.63) is 29.3 Å². The van der Waals surface area contributed by atoms with E-state index in [1.807, 2.05) is 12.1 Å². The summed E-state index contributed by atoms with van der Waals surface area (Å²) in [6, 6.07) is 5.39. The molecule has 1 atom stereocenters. The van der Waals surface area contributed by atoms with Crippen molar-refractivity contribution in [1.29, 1.82) is 0 Å². The molecule has 0 radical (unpaired) electrons. The summed E-state index contributed by atoms with van der Waals surface area (Å²) in [6.07, 6.45) is 9.73. The van der Waals surface area contributed by atoms with Gasteiger partial charge in [0, 0.05) is 5.92 Å². The minimum Gasteiger partial charge on any atom is -0.487 e. The molecule has 3 aliphatic rings. The minimum absolute atomic E-state index is 0.0506. The second-order valence-electron chi connectivity index (χ2n) is 7.75.